The zero-order valence-electron chi connectivity index (χ0n) is 14.1. The van der Waals surface area contributed by atoms with E-state index in [-0.39, 0.29) is 17.0 Å². The number of rotatable bonds is 5. The average molecular weight is 335 g/mol. The Balaban J connectivity index is 1.88. The van der Waals surface area contributed by atoms with E-state index < -0.39 is 15.4 Å². The number of para-hydroxylation sites is 1. The molecule has 2 fully saturated rings. The van der Waals surface area contributed by atoms with Crippen LogP contribution in [0.4, 0.5) is 5.69 Å². The van der Waals surface area contributed by atoms with E-state index >= 15 is 0 Å². The number of benzene rings is 1. The minimum atomic E-state index is -3.57. The van der Waals surface area contributed by atoms with Crippen molar-refractivity contribution in [2.24, 2.45) is 16.7 Å². The molecule has 0 aromatic heterocycles. The lowest BCUT2D eigenvalue weighted by atomic mass is 9.70. The van der Waals surface area contributed by atoms with Crippen molar-refractivity contribution in [3.63, 3.8) is 0 Å². The molecule has 0 aliphatic heterocycles. The van der Waals surface area contributed by atoms with Gasteiger partial charge in [-0.3, -0.25) is 9.52 Å². The molecule has 1 N–H and O–H groups in total. The molecule has 3 rings (SSSR count). The van der Waals surface area contributed by atoms with Gasteiger partial charge < -0.3 is 0 Å². The van der Waals surface area contributed by atoms with E-state index in [0.29, 0.717) is 24.4 Å². The minimum Gasteiger partial charge on any atom is -0.299 e. The number of aryl methyl sites for hydroxylation is 1. The minimum absolute atomic E-state index is 0.0968. The summed E-state index contributed by atoms with van der Waals surface area (Å²) < 4.78 is 28.3. The van der Waals surface area contributed by atoms with Gasteiger partial charge in [-0.05, 0) is 42.2 Å². The van der Waals surface area contributed by atoms with Gasteiger partial charge in [-0.2, -0.15) is 0 Å². The molecule has 5 heteroatoms. The summed E-state index contributed by atoms with van der Waals surface area (Å²) in [5.74, 6) is 0.362. The number of Topliss-reactive ketones (excluding diaryl/α,β-unsaturated/α-hetero) is 1. The van der Waals surface area contributed by atoms with Gasteiger partial charge in [0.1, 0.15) is 5.78 Å². The third-order valence-electron chi connectivity index (χ3n) is 6.24. The molecule has 2 atom stereocenters. The Morgan fingerprint density at radius 1 is 1.26 bits per heavy atom. The number of sulfonamides is 1. The zero-order chi connectivity index (χ0) is 16.9. The van der Waals surface area contributed by atoms with Gasteiger partial charge in [0.2, 0.25) is 10.0 Å². The van der Waals surface area contributed by atoms with Crippen molar-refractivity contribution in [1.29, 1.82) is 0 Å². The van der Waals surface area contributed by atoms with Crippen LogP contribution in [0.2, 0.25) is 0 Å². The Kier molecular flexibility index (Phi) is 3.82. The maximum absolute atomic E-state index is 12.8. The van der Waals surface area contributed by atoms with Crippen LogP contribution in [0, 0.1) is 16.7 Å². The molecule has 0 saturated heterocycles. The van der Waals surface area contributed by atoms with Crippen molar-refractivity contribution in [1.82, 2.24) is 0 Å². The molecule has 2 unspecified atom stereocenters. The first-order valence-corrected chi connectivity index (χ1v) is 9.99. The first-order valence-electron chi connectivity index (χ1n) is 8.33. The molecule has 4 nitrogen and oxygen atoms in total. The number of fused-ring (bicyclic) bond motifs is 2. The summed E-state index contributed by atoms with van der Waals surface area (Å²) >= 11 is 0. The summed E-state index contributed by atoms with van der Waals surface area (Å²) in [4.78, 5) is 12.5. The first kappa shape index (κ1) is 16.5. The predicted molar refractivity (Wildman–Crippen MR) is 91.8 cm³/mol. The van der Waals surface area contributed by atoms with Crippen molar-refractivity contribution in [3.8, 4) is 0 Å². The van der Waals surface area contributed by atoms with E-state index in [1.807, 2.05) is 25.1 Å². The molecule has 0 amide bonds. The molecule has 0 heterocycles. The van der Waals surface area contributed by atoms with Crippen LogP contribution in [-0.2, 0) is 21.2 Å². The van der Waals surface area contributed by atoms with Crippen LogP contribution in [0.5, 0.6) is 0 Å². The molecule has 2 aliphatic carbocycles. The summed E-state index contributed by atoms with van der Waals surface area (Å²) in [5.41, 5.74) is 0.646. The fourth-order valence-corrected chi connectivity index (χ4v) is 6.50. The van der Waals surface area contributed by atoms with E-state index in [2.05, 4.69) is 18.6 Å². The summed E-state index contributed by atoms with van der Waals surface area (Å²) in [5, 5.41) is 0. The molecule has 2 saturated carbocycles. The number of carbonyl (C=O) groups excluding carboxylic acids is 1. The lowest BCUT2D eigenvalue weighted by molar-refractivity contribution is -0.128. The Morgan fingerprint density at radius 2 is 1.96 bits per heavy atom. The molecule has 2 aliphatic rings. The van der Waals surface area contributed by atoms with Crippen molar-refractivity contribution < 1.29 is 13.2 Å². The number of hydrogen-bond donors (Lipinski definition) is 1. The molecule has 23 heavy (non-hydrogen) atoms. The van der Waals surface area contributed by atoms with Gasteiger partial charge in [0.15, 0.2) is 0 Å². The van der Waals surface area contributed by atoms with Crippen molar-refractivity contribution in [3.05, 3.63) is 29.8 Å². The fraction of sp³-hybridized carbons (Fsp3) is 0.611. The first-order chi connectivity index (χ1) is 10.7. The number of anilines is 1. The van der Waals surface area contributed by atoms with Gasteiger partial charge in [0, 0.05) is 6.42 Å². The largest absolute Gasteiger partial charge is 0.299 e. The van der Waals surface area contributed by atoms with Crippen LogP contribution in [0.15, 0.2) is 24.3 Å². The van der Waals surface area contributed by atoms with E-state index in [9.17, 15) is 13.2 Å². The van der Waals surface area contributed by atoms with Crippen LogP contribution in [-0.4, -0.2) is 20.0 Å². The molecule has 2 bridgehead atoms. The Labute approximate surface area is 138 Å². The molecular weight excluding hydrogens is 310 g/mol. The maximum atomic E-state index is 12.8. The summed E-state index contributed by atoms with van der Waals surface area (Å²) in [6.45, 7) is 6.12. The number of nitrogens with one attached hydrogen (secondary N) is 1. The highest BCUT2D eigenvalue weighted by Crippen LogP contribution is 2.64. The lowest BCUT2D eigenvalue weighted by Crippen LogP contribution is -2.43. The molecule has 126 valence electrons. The molecule has 0 spiro atoms. The van der Waals surface area contributed by atoms with Gasteiger partial charge in [-0.1, -0.05) is 39.0 Å². The Bertz CT molecular complexity index is 738. The van der Waals surface area contributed by atoms with E-state index in [1.54, 1.807) is 6.07 Å². The standard InChI is InChI=1S/C18H25NO3S/c1-4-13-7-5-6-8-15(13)19-23(21,22)12-18-10-9-14(11-16(18)20)17(18,2)3/h5-8,14,19H,4,9-12H2,1-3H3. The average Bonchev–Trinajstić information content (AvgIpc) is 2.81. The van der Waals surface area contributed by atoms with E-state index in [0.717, 1.165) is 18.4 Å². The molecular formula is C18H25NO3S. The Morgan fingerprint density at radius 3 is 2.52 bits per heavy atom. The molecule has 0 radical (unpaired) electrons. The van der Waals surface area contributed by atoms with Gasteiger partial charge in [0.05, 0.1) is 16.9 Å². The molecule has 1 aromatic rings. The summed E-state index contributed by atoms with van der Waals surface area (Å²) in [7, 11) is -3.57. The zero-order valence-corrected chi connectivity index (χ0v) is 14.9. The van der Waals surface area contributed by atoms with Crippen LogP contribution < -0.4 is 4.72 Å². The highest BCUT2D eigenvalue weighted by molar-refractivity contribution is 7.92. The topological polar surface area (TPSA) is 63.2 Å². The van der Waals surface area contributed by atoms with Crippen LogP contribution >= 0.6 is 0 Å². The smallest absolute Gasteiger partial charge is 0.233 e. The van der Waals surface area contributed by atoms with Crippen molar-refractivity contribution >= 4 is 21.5 Å². The monoisotopic (exact) mass is 335 g/mol. The van der Waals surface area contributed by atoms with E-state index in [1.165, 1.54) is 0 Å². The fourth-order valence-electron chi connectivity index (χ4n) is 4.56. The number of hydrogen-bond acceptors (Lipinski definition) is 3. The second-order valence-corrected chi connectivity index (χ2v) is 9.26. The number of carbonyl (C=O) groups is 1. The van der Waals surface area contributed by atoms with E-state index in [4.69, 9.17) is 0 Å². The SMILES string of the molecule is CCc1ccccc1NS(=O)(=O)CC12CCC(CC1=O)C2(C)C. The lowest BCUT2D eigenvalue weighted by Gasteiger charge is -2.36. The van der Waals surface area contributed by atoms with Crippen LogP contribution in [0.1, 0.15) is 45.6 Å². The van der Waals surface area contributed by atoms with Crippen LogP contribution in [0.3, 0.4) is 0 Å². The van der Waals surface area contributed by atoms with Crippen molar-refractivity contribution in [2.75, 3.05) is 10.5 Å². The maximum Gasteiger partial charge on any atom is 0.233 e. The third kappa shape index (κ3) is 2.49. The second-order valence-electron chi connectivity index (χ2n) is 7.54. The van der Waals surface area contributed by atoms with Gasteiger partial charge in [-0.15, -0.1) is 0 Å². The van der Waals surface area contributed by atoms with Gasteiger partial charge >= 0.3 is 0 Å². The highest BCUT2D eigenvalue weighted by atomic mass is 32.2. The number of ketones is 1. The summed E-state index contributed by atoms with van der Waals surface area (Å²) in [6, 6.07) is 7.44. The predicted octanol–water partition coefficient (Wildman–Crippen LogP) is 3.39. The Hall–Kier alpha value is -1.36. The normalized spacial score (nSPS) is 29.0. The quantitative estimate of drug-likeness (QED) is 0.897. The highest BCUT2D eigenvalue weighted by Gasteiger charge is 2.65. The summed E-state index contributed by atoms with van der Waals surface area (Å²) in [6.07, 6.45) is 2.95. The third-order valence-corrected chi connectivity index (χ3v) is 7.64. The second kappa shape index (κ2) is 5.33. The van der Waals surface area contributed by atoms with Gasteiger partial charge in [0.25, 0.3) is 0 Å². The molecule has 1 aromatic carbocycles. The van der Waals surface area contributed by atoms with Crippen molar-refractivity contribution in [2.45, 2.75) is 46.5 Å². The van der Waals surface area contributed by atoms with Crippen LogP contribution in [0.25, 0.3) is 0 Å². The van der Waals surface area contributed by atoms with Gasteiger partial charge in [-0.25, -0.2) is 8.42 Å².